The Morgan fingerprint density at radius 2 is 1.30 bits per heavy atom. The summed E-state index contributed by atoms with van der Waals surface area (Å²) in [7, 11) is 0. The minimum Gasteiger partial charge on any atom is -0.352 e. The number of fused-ring (bicyclic) bond motifs is 1. The largest absolute Gasteiger partial charge is 0.352 e. The van der Waals surface area contributed by atoms with Crippen LogP contribution in [0.25, 0.3) is 11.1 Å². The van der Waals surface area contributed by atoms with Crippen molar-refractivity contribution < 1.29 is 18.8 Å². The summed E-state index contributed by atoms with van der Waals surface area (Å²) >= 11 is 0. The molecule has 3 N–H and O–H groups in total. The van der Waals surface area contributed by atoms with Crippen molar-refractivity contribution in [3.05, 3.63) is 150 Å². The number of halogens is 1. The molecule has 1 heterocycles. The molecule has 8 heteroatoms. The zero-order valence-electron chi connectivity index (χ0n) is 25.1. The molecule has 0 aromatic heterocycles. The van der Waals surface area contributed by atoms with Crippen LogP contribution >= 0.6 is 0 Å². The van der Waals surface area contributed by atoms with Gasteiger partial charge in [0.15, 0.2) is 0 Å². The second-order valence-corrected chi connectivity index (χ2v) is 11.1. The second kappa shape index (κ2) is 13.6. The van der Waals surface area contributed by atoms with E-state index in [4.69, 9.17) is 5.73 Å². The molecule has 0 aliphatic carbocycles. The number of carbonyl (C=O) groups is 3. The van der Waals surface area contributed by atoms with E-state index in [1.165, 1.54) is 11.0 Å². The summed E-state index contributed by atoms with van der Waals surface area (Å²) in [5.74, 6) is -3.33. The predicted octanol–water partition coefficient (Wildman–Crippen LogP) is 6.49. The summed E-state index contributed by atoms with van der Waals surface area (Å²) in [6, 6.07) is 38.5. The predicted molar refractivity (Wildman–Crippen MR) is 177 cm³/mol. The highest BCUT2D eigenvalue weighted by Crippen LogP contribution is 2.40. The van der Waals surface area contributed by atoms with Gasteiger partial charge in [-0.15, -0.1) is 0 Å². The van der Waals surface area contributed by atoms with Crippen molar-refractivity contribution in [2.75, 3.05) is 9.80 Å². The molecule has 0 saturated heterocycles. The zero-order chi connectivity index (χ0) is 32.0. The average Bonchev–Trinajstić information content (AvgIpc) is 3.17. The van der Waals surface area contributed by atoms with Crippen LogP contribution in [0.1, 0.15) is 23.1 Å². The SMILES string of the molecule is NCc1ccc(N2C(=O)C(CC(=O)NCc3ccccc3F)C(=O)N(Cc3ccc(-c4ccccc4)cc3)c3ccccc32)cc1. The van der Waals surface area contributed by atoms with Gasteiger partial charge in [-0.2, -0.15) is 0 Å². The third kappa shape index (κ3) is 6.43. The average molecular weight is 613 g/mol. The van der Waals surface area contributed by atoms with Gasteiger partial charge < -0.3 is 16.0 Å². The van der Waals surface area contributed by atoms with Crippen LogP contribution in [0.4, 0.5) is 21.5 Å². The van der Waals surface area contributed by atoms with Gasteiger partial charge >= 0.3 is 0 Å². The first-order valence-corrected chi connectivity index (χ1v) is 15.1. The van der Waals surface area contributed by atoms with Crippen molar-refractivity contribution in [2.45, 2.75) is 26.1 Å². The van der Waals surface area contributed by atoms with Gasteiger partial charge in [0.1, 0.15) is 11.7 Å². The van der Waals surface area contributed by atoms with Crippen molar-refractivity contribution in [1.29, 1.82) is 0 Å². The molecule has 0 saturated carbocycles. The van der Waals surface area contributed by atoms with Gasteiger partial charge in [0.05, 0.1) is 17.9 Å². The van der Waals surface area contributed by atoms with Crippen LogP contribution in [-0.4, -0.2) is 17.7 Å². The number of benzene rings is 5. The molecular formula is C38H33FN4O3. The van der Waals surface area contributed by atoms with Gasteiger partial charge in [-0.1, -0.05) is 97.1 Å². The van der Waals surface area contributed by atoms with Crippen molar-refractivity contribution >= 4 is 34.8 Å². The first kappa shape index (κ1) is 30.4. The number of carbonyl (C=O) groups excluding carboxylic acids is 3. The van der Waals surface area contributed by atoms with E-state index >= 15 is 0 Å². The Morgan fingerprint density at radius 3 is 2.00 bits per heavy atom. The first-order chi connectivity index (χ1) is 22.4. The first-order valence-electron chi connectivity index (χ1n) is 15.1. The Hall–Kier alpha value is -5.60. The van der Waals surface area contributed by atoms with Crippen LogP contribution in [0.5, 0.6) is 0 Å². The fourth-order valence-electron chi connectivity index (χ4n) is 5.66. The Bertz CT molecular complexity index is 1860. The quantitative estimate of drug-likeness (QED) is 0.186. The highest BCUT2D eigenvalue weighted by Gasteiger charge is 2.42. The van der Waals surface area contributed by atoms with Crippen LogP contribution < -0.4 is 20.9 Å². The molecule has 0 spiro atoms. The molecule has 0 radical (unpaired) electrons. The number of nitrogens with one attached hydrogen (secondary N) is 1. The molecule has 1 atom stereocenters. The number of nitrogens with zero attached hydrogens (tertiary/aromatic N) is 2. The number of para-hydroxylation sites is 2. The van der Waals surface area contributed by atoms with Crippen LogP contribution in [0, 0.1) is 11.7 Å². The third-order valence-electron chi connectivity index (χ3n) is 8.15. The lowest BCUT2D eigenvalue weighted by molar-refractivity contribution is -0.136. The van der Waals surface area contributed by atoms with Gasteiger partial charge in [0.25, 0.3) is 0 Å². The molecule has 5 aromatic rings. The molecule has 1 unspecified atom stereocenters. The van der Waals surface area contributed by atoms with Crippen molar-refractivity contribution in [3.8, 4) is 11.1 Å². The summed E-state index contributed by atoms with van der Waals surface area (Å²) in [5, 5.41) is 2.69. The van der Waals surface area contributed by atoms with E-state index in [1.807, 2.05) is 78.9 Å². The van der Waals surface area contributed by atoms with E-state index in [0.717, 1.165) is 22.3 Å². The smallest absolute Gasteiger partial charge is 0.244 e. The Morgan fingerprint density at radius 1 is 0.696 bits per heavy atom. The van der Waals surface area contributed by atoms with E-state index in [0.29, 0.717) is 29.2 Å². The number of nitrogens with two attached hydrogens (primary N) is 1. The molecule has 6 rings (SSSR count). The van der Waals surface area contributed by atoms with Crippen molar-refractivity contribution in [3.63, 3.8) is 0 Å². The van der Waals surface area contributed by atoms with E-state index in [9.17, 15) is 18.8 Å². The normalized spacial score (nSPS) is 14.5. The minimum absolute atomic E-state index is 0.0669. The lowest BCUT2D eigenvalue weighted by atomic mass is 10.00. The Kier molecular flexibility index (Phi) is 8.98. The molecular weight excluding hydrogens is 579 g/mol. The fraction of sp³-hybridized carbons (Fsp3) is 0.132. The van der Waals surface area contributed by atoms with E-state index in [-0.39, 0.29) is 13.1 Å². The number of hydrogen-bond acceptors (Lipinski definition) is 4. The number of anilines is 3. The minimum atomic E-state index is -1.33. The summed E-state index contributed by atoms with van der Waals surface area (Å²) < 4.78 is 14.2. The number of rotatable bonds is 9. The maximum absolute atomic E-state index is 14.4. The summed E-state index contributed by atoms with van der Waals surface area (Å²) in [5.41, 5.74) is 11.6. The molecule has 46 heavy (non-hydrogen) atoms. The van der Waals surface area contributed by atoms with Gasteiger partial charge in [0, 0.05) is 30.8 Å². The van der Waals surface area contributed by atoms with Gasteiger partial charge in [-0.05, 0) is 52.6 Å². The summed E-state index contributed by atoms with van der Waals surface area (Å²) in [6.07, 6.45) is -0.402. The standard InChI is InChI=1S/C38H33FN4O3/c39-33-11-5-4-10-30(33)24-41-36(44)22-32-37(45)42(25-27-14-18-29(19-15-27)28-8-2-1-3-9-28)34-12-6-7-13-35(34)43(38(32)46)31-20-16-26(23-40)17-21-31/h1-21,32H,22-25,40H2,(H,41,44). The second-order valence-electron chi connectivity index (χ2n) is 11.1. The van der Waals surface area contributed by atoms with E-state index < -0.39 is 35.9 Å². The monoisotopic (exact) mass is 612 g/mol. The lowest BCUT2D eigenvalue weighted by Crippen LogP contribution is -2.43. The molecule has 1 aliphatic rings. The van der Waals surface area contributed by atoms with Crippen LogP contribution in [0.3, 0.4) is 0 Å². The molecule has 5 aromatic carbocycles. The molecule has 0 bridgehead atoms. The van der Waals surface area contributed by atoms with Crippen LogP contribution in [-0.2, 0) is 34.0 Å². The summed E-state index contributed by atoms with van der Waals surface area (Å²) in [6.45, 7) is 0.457. The van der Waals surface area contributed by atoms with Crippen molar-refractivity contribution in [1.82, 2.24) is 5.32 Å². The molecule has 1 aliphatic heterocycles. The maximum Gasteiger partial charge on any atom is 0.244 e. The van der Waals surface area contributed by atoms with Gasteiger partial charge in [0.2, 0.25) is 17.7 Å². The highest BCUT2D eigenvalue weighted by molar-refractivity contribution is 6.21. The van der Waals surface area contributed by atoms with Crippen LogP contribution in [0.15, 0.2) is 127 Å². The summed E-state index contributed by atoms with van der Waals surface area (Å²) in [4.78, 5) is 45.1. The maximum atomic E-state index is 14.4. The molecule has 230 valence electrons. The third-order valence-corrected chi connectivity index (χ3v) is 8.15. The number of hydrogen-bond donors (Lipinski definition) is 2. The van der Waals surface area contributed by atoms with E-state index in [2.05, 4.69) is 5.32 Å². The van der Waals surface area contributed by atoms with Gasteiger partial charge in [-0.3, -0.25) is 19.3 Å². The Balaban J connectivity index is 1.35. The van der Waals surface area contributed by atoms with Crippen LogP contribution in [0.2, 0.25) is 0 Å². The Labute approximate surface area is 267 Å². The van der Waals surface area contributed by atoms with Gasteiger partial charge in [-0.25, -0.2) is 4.39 Å². The fourth-order valence-corrected chi connectivity index (χ4v) is 5.66. The van der Waals surface area contributed by atoms with Crippen molar-refractivity contribution in [2.24, 2.45) is 11.7 Å². The number of amides is 3. The van der Waals surface area contributed by atoms with E-state index in [1.54, 1.807) is 47.4 Å². The topological polar surface area (TPSA) is 95.7 Å². The molecule has 0 fully saturated rings. The molecule has 3 amide bonds. The lowest BCUT2D eigenvalue weighted by Gasteiger charge is -2.26. The zero-order valence-corrected chi connectivity index (χ0v) is 25.1. The molecule has 7 nitrogen and oxygen atoms in total. The highest BCUT2D eigenvalue weighted by atomic mass is 19.1.